The van der Waals surface area contributed by atoms with E-state index in [0.717, 1.165) is 24.1 Å². The van der Waals surface area contributed by atoms with Crippen LogP contribution in [0.4, 0.5) is 4.79 Å². The fraction of sp³-hybridized carbons (Fsp3) is 0.600. The lowest BCUT2D eigenvalue weighted by Gasteiger charge is -2.52. The van der Waals surface area contributed by atoms with E-state index < -0.39 is 41.6 Å². The molecule has 0 bridgehead atoms. The molecule has 3 amide bonds. The summed E-state index contributed by atoms with van der Waals surface area (Å²) in [5, 5.41) is 16.3. The second kappa shape index (κ2) is 13.8. The van der Waals surface area contributed by atoms with E-state index in [1.54, 1.807) is 13.1 Å². The zero-order valence-electron chi connectivity index (χ0n) is 25.9. The molecule has 1 aromatic carbocycles. The van der Waals surface area contributed by atoms with Crippen molar-refractivity contribution in [3.05, 3.63) is 35.4 Å². The molecule has 14 nitrogen and oxygen atoms in total. The molecule has 1 aromatic rings. The Bertz CT molecular complexity index is 1300. The van der Waals surface area contributed by atoms with Gasteiger partial charge in [0, 0.05) is 49.6 Å². The van der Waals surface area contributed by atoms with Gasteiger partial charge in [-0.2, -0.15) is 0 Å². The zero-order valence-corrected chi connectivity index (χ0v) is 25.9. The van der Waals surface area contributed by atoms with Crippen LogP contribution in [0, 0.1) is 12.8 Å². The number of benzene rings is 1. The molecule has 3 aliphatic rings. The van der Waals surface area contributed by atoms with Crippen LogP contribution in [-0.4, -0.2) is 110 Å². The molecule has 1 aliphatic carbocycles. The number of likely N-dealkylation sites (N-methyl/N-ethyl adjacent to an activating group) is 1. The number of ether oxygens (including phenoxy) is 2. The maximum Gasteiger partial charge on any atom is 0.415 e. The summed E-state index contributed by atoms with van der Waals surface area (Å²) in [7, 11) is 3.67. The quantitative estimate of drug-likeness (QED) is 0.0799. The number of aliphatic hydroxyl groups is 1. The third-order valence-electron chi connectivity index (χ3n) is 9.10. The molecule has 9 N–H and O–H groups in total. The Labute approximate surface area is 258 Å². The number of likely N-dealkylation sites (tertiary alicyclic amines) is 1. The van der Waals surface area contributed by atoms with Crippen LogP contribution in [0.2, 0.25) is 0 Å². The Morgan fingerprint density at radius 1 is 1.30 bits per heavy atom. The van der Waals surface area contributed by atoms with Crippen molar-refractivity contribution in [3.8, 4) is 11.5 Å². The number of aliphatic imine (C=N–C) groups is 1. The van der Waals surface area contributed by atoms with E-state index in [-0.39, 0.29) is 43.3 Å². The number of aliphatic hydroxyl groups excluding tert-OH is 1. The van der Waals surface area contributed by atoms with Crippen molar-refractivity contribution in [1.82, 2.24) is 20.4 Å². The normalized spacial score (nSPS) is 25.9. The Morgan fingerprint density at radius 2 is 2.05 bits per heavy atom. The van der Waals surface area contributed by atoms with Crippen LogP contribution in [0.25, 0.3) is 0 Å². The van der Waals surface area contributed by atoms with Gasteiger partial charge in [0.25, 0.3) is 0 Å². The fourth-order valence-electron chi connectivity index (χ4n) is 6.67. The second-order valence-corrected chi connectivity index (χ2v) is 11.9. The van der Waals surface area contributed by atoms with E-state index in [2.05, 4.69) is 40.6 Å². The number of piperidine rings is 1. The van der Waals surface area contributed by atoms with E-state index in [0.29, 0.717) is 25.1 Å². The van der Waals surface area contributed by atoms with E-state index in [1.807, 2.05) is 19.1 Å². The maximum absolute atomic E-state index is 13.1. The molecule has 6 atom stereocenters. The van der Waals surface area contributed by atoms with Gasteiger partial charge in [-0.1, -0.05) is 18.2 Å². The van der Waals surface area contributed by atoms with E-state index in [9.17, 15) is 19.5 Å². The molecule has 2 aliphatic heterocycles. The van der Waals surface area contributed by atoms with Crippen molar-refractivity contribution in [2.75, 3.05) is 46.8 Å². The molecule has 242 valence electrons. The Balaban J connectivity index is 1.41. The predicted molar refractivity (Wildman–Crippen MR) is 165 cm³/mol. The summed E-state index contributed by atoms with van der Waals surface area (Å²) in [4.78, 5) is 45.3. The largest absolute Gasteiger partial charge is 0.482 e. The molecule has 2 unspecified atom stereocenters. The summed E-state index contributed by atoms with van der Waals surface area (Å²) in [6.45, 7) is 5.37. The zero-order chi connectivity index (χ0) is 32.2. The Morgan fingerprint density at radius 3 is 2.75 bits per heavy atom. The lowest BCUT2D eigenvalue weighted by Crippen LogP contribution is -2.61. The van der Waals surface area contributed by atoms with Gasteiger partial charge in [-0.3, -0.25) is 14.6 Å². The minimum Gasteiger partial charge on any atom is -0.482 e. The first-order valence-electron chi connectivity index (χ1n) is 15.0. The first kappa shape index (κ1) is 33.0. The van der Waals surface area contributed by atoms with Gasteiger partial charge < -0.3 is 52.2 Å². The number of hydrogen-bond donors (Lipinski definition) is 6. The third-order valence-corrected chi connectivity index (χ3v) is 9.10. The third kappa shape index (κ3) is 6.61. The van der Waals surface area contributed by atoms with Crippen molar-refractivity contribution >= 4 is 23.9 Å². The minimum atomic E-state index is -0.830. The smallest absolute Gasteiger partial charge is 0.415 e. The van der Waals surface area contributed by atoms with Gasteiger partial charge in [-0.15, -0.1) is 0 Å². The molecule has 0 aromatic heterocycles. The number of guanidine groups is 1. The molecule has 2 heterocycles. The average molecular weight is 615 g/mol. The van der Waals surface area contributed by atoms with Crippen LogP contribution in [-0.2, 0) is 15.0 Å². The summed E-state index contributed by atoms with van der Waals surface area (Å²) >= 11 is 0. The van der Waals surface area contributed by atoms with Crippen molar-refractivity contribution < 1.29 is 29.0 Å². The van der Waals surface area contributed by atoms with E-state index in [1.165, 1.54) is 4.90 Å². The number of carbonyl (C=O) groups excluding carboxylic acids is 3. The number of aryl methyl sites for hydroxylation is 1. The van der Waals surface area contributed by atoms with Crippen molar-refractivity contribution in [1.29, 1.82) is 0 Å². The number of hydrogen-bond acceptors (Lipinski definition) is 9. The van der Waals surface area contributed by atoms with Crippen LogP contribution in [0.15, 0.2) is 29.3 Å². The van der Waals surface area contributed by atoms with Crippen molar-refractivity contribution in [2.45, 2.75) is 62.8 Å². The Hall–Kier alpha value is -3.88. The van der Waals surface area contributed by atoms with E-state index >= 15 is 0 Å². The lowest BCUT2D eigenvalue weighted by atomic mass is 9.57. The molecule has 0 saturated carbocycles. The highest BCUT2D eigenvalue weighted by molar-refractivity contribution is 5.88. The minimum absolute atomic E-state index is 0.0534. The second-order valence-electron chi connectivity index (χ2n) is 11.9. The first-order valence-corrected chi connectivity index (χ1v) is 15.0. The number of amides is 3. The lowest BCUT2D eigenvalue weighted by molar-refractivity contribution is -0.128. The summed E-state index contributed by atoms with van der Waals surface area (Å²) in [6, 6.07) is 3.05. The van der Waals surface area contributed by atoms with Gasteiger partial charge >= 0.3 is 6.09 Å². The van der Waals surface area contributed by atoms with Crippen LogP contribution in [0.5, 0.6) is 11.5 Å². The van der Waals surface area contributed by atoms with Gasteiger partial charge in [0.2, 0.25) is 11.8 Å². The summed E-state index contributed by atoms with van der Waals surface area (Å²) in [5.74, 6) is -0.0331. The van der Waals surface area contributed by atoms with Crippen molar-refractivity contribution in [2.24, 2.45) is 28.1 Å². The Kier molecular flexibility index (Phi) is 10.4. The molecule has 1 spiro atoms. The number of nitrogens with one attached hydrogen (secondary N) is 2. The average Bonchev–Trinajstić information content (AvgIpc) is 3.35. The topological polar surface area (TPSA) is 211 Å². The number of fused-ring (bicyclic) bond motifs is 1. The van der Waals surface area contributed by atoms with Gasteiger partial charge in [-0.05, 0) is 58.3 Å². The number of rotatable bonds is 11. The van der Waals surface area contributed by atoms with Crippen LogP contribution in [0.1, 0.15) is 37.3 Å². The fourth-order valence-corrected chi connectivity index (χ4v) is 6.67. The number of nitrogens with zero attached hydrogens (tertiary/aromatic N) is 3. The molecule has 0 radical (unpaired) electrons. The highest BCUT2D eigenvalue weighted by atomic mass is 16.6. The molecular weight excluding hydrogens is 568 g/mol. The standard InChI is InChI=1S/C30H46N8O6/c1-17-7-10-22(25-24(17)30-11-14-37(3)18(2)19(30)8-9-21(39)26(30)44-25)43-29(42)38(4)15-13-34-27(41)20(36-23(40)16-31)6-5-12-35-28(32)33/h7-10,18-21,26,39H,5-6,11-16,31H2,1-4H3,(H,34,41)(H,36,40)(H4,32,33,35)/t18-,19?,20+,21?,26+,30+/m1/s1. The summed E-state index contributed by atoms with van der Waals surface area (Å²) in [5.41, 5.74) is 17.7. The van der Waals surface area contributed by atoms with Gasteiger partial charge in [0.1, 0.15) is 18.2 Å². The summed E-state index contributed by atoms with van der Waals surface area (Å²) in [6.07, 6.45) is 3.59. The number of nitrogens with two attached hydrogens (primary N) is 3. The summed E-state index contributed by atoms with van der Waals surface area (Å²) < 4.78 is 12.3. The van der Waals surface area contributed by atoms with Gasteiger partial charge in [0.05, 0.1) is 6.54 Å². The molecular formula is C30H46N8O6. The van der Waals surface area contributed by atoms with E-state index in [4.69, 9.17) is 26.7 Å². The van der Waals surface area contributed by atoms with Crippen LogP contribution >= 0.6 is 0 Å². The van der Waals surface area contributed by atoms with Crippen LogP contribution < -0.4 is 37.3 Å². The molecule has 14 heteroatoms. The molecule has 1 saturated heterocycles. The van der Waals surface area contributed by atoms with Gasteiger partial charge in [-0.25, -0.2) is 4.79 Å². The molecule has 1 fully saturated rings. The maximum atomic E-state index is 13.1. The predicted octanol–water partition coefficient (Wildman–Crippen LogP) is -0.691. The monoisotopic (exact) mass is 614 g/mol. The highest BCUT2D eigenvalue weighted by Crippen LogP contribution is 2.59. The van der Waals surface area contributed by atoms with Crippen molar-refractivity contribution in [3.63, 3.8) is 0 Å². The SMILES string of the molecule is Cc1ccc(OC(=O)N(C)CCNC(=O)[C@H](CCCN=C(N)N)NC(=O)CN)c2c1[C@]13CCN(C)[C@H](C)C1C=CC(O)[C@@H]3O2. The molecule has 4 rings (SSSR count). The van der Waals surface area contributed by atoms with Crippen LogP contribution in [0.3, 0.4) is 0 Å². The number of carbonyl (C=O) groups is 3. The molecule has 44 heavy (non-hydrogen) atoms. The first-order chi connectivity index (χ1) is 20.9. The van der Waals surface area contributed by atoms with Gasteiger partial charge in [0.15, 0.2) is 17.5 Å². The highest BCUT2D eigenvalue weighted by Gasteiger charge is 2.61.